The topological polar surface area (TPSA) is 79.0 Å². The van der Waals surface area contributed by atoms with Crippen LogP contribution < -0.4 is 15.0 Å². The zero-order valence-electron chi connectivity index (χ0n) is 15.6. The molecule has 0 spiro atoms. The van der Waals surface area contributed by atoms with Gasteiger partial charge in [0.15, 0.2) is 11.8 Å². The zero-order chi connectivity index (χ0) is 18.4. The molecule has 1 fully saturated rings. The first-order valence-electron chi connectivity index (χ1n) is 8.84. The number of benzene rings is 1. The van der Waals surface area contributed by atoms with Gasteiger partial charge in [-0.15, -0.1) is 0 Å². The van der Waals surface area contributed by atoms with Crippen molar-refractivity contribution < 1.29 is 9.26 Å². The SMILES string of the molecule is CN=C(NCCc1nc(C)no1)N1CCN(c2ccccc2OC)CC1. The average molecular weight is 358 g/mol. The molecule has 0 radical (unpaired) electrons. The minimum Gasteiger partial charge on any atom is -0.495 e. The van der Waals surface area contributed by atoms with Crippen LogP contribution in [-0.4, -0.2) is 67.9 Å². The zero-order valence-corrected chi connectivity index (χ0v) is 15.6. The Morgan fingerprint density at radius 3 is 2.69 bits per heavy atom. The number of rotatable bonds is 5. The second kappa shape index (κ2) is 8.55. The number of para-hydroxylation sites is 2. The van der Waals surface area contributed by atoms with Gasteiger partial charge in [-0.2, -0.15) is 4.98 Å². The molecule has 1 aliphatic rings. The number of guanidine groups is 1. The number of nitrogens with one attached hydrogen (secondary N) is 1. The van der Waals surface area contributed by atoms with Crippen molar-refractivity contribution in [3.05, 3.63) is 36.0 Å². The number of methoxy groups -OCH3 is 1. The van der Waals surface area contributed by atoms with Crippen molar-refractivity contribution in [2.24, 2.45) is 4.99 Å². The van der Waals surface area contributed by atoms with E-state index in [1.807, 2.05) is 32.2 Å². The lowest BCUT2D eigenvalue weighted by Gasteiger charge is -2.38. The number of hydrogen-bond acceptors (Lipinski definition) is 6. The normalized spacial score (nSPS) is 15.3. The summed E-state index contributed by atoms with van der Waals surface area (Å²) in [5.41, 5.74) is 1.14. The van der Waals surface area contributed by atoms with Crippen LogP contribution in [0.15, 0.2) is 33.8 Å². The molecule has 1 N–H and O–H groups in total. The lowest BCUT2D eigenvalue weighted by atomic mass is 10.2. The fourth-order valence-electron chi connectivity index (χ4n) is 3.11. The summed E-state index contributed by atoms with van der Waals surface area (Å²) in [6.07, 6.45) is 0.682. The van der Waals surface area contributed by atoms with Gasteiger partial charge in [0.1, 0.15) is 5.75 Å². The molecule has 0 bridgehead atoms. The van der Waals surface area contributed by atoms with Gasteiger partial charge in [0, 0.05) is 46.2 Å². The molecule has 0 amide bonds. The maximum absolute atomic E-state index is 5.48. The van der Waals surface area contributed by atoms with E-state index in [0.29, 0.717) is 24.7 Å². The van der Waals surface area contributed by atoms with E-state index in [4.69, 9.17) is 9.26 Å². The Morgan fingerprint density at radius 2 is 2.04 bits per heavy atom. The Hall–Kier alpha value is -2.77. The first-order valence-corrected chi connectivity index (χ1v) is 8.84. The van der Waals surface area contributed by atoms with Crippen molar-refractivity contribution in [2.75, 3.05) is 51.8 Å². The van der Waals surface area contributed by atoms with E-state index < -0.39 is 0 Å². The number of aryl methyl sites for hydroxylation is 1. The molecular weight excluding hydrogens is 332 g/mol. The van der Waals surface area contributed by atoms with Crippen LogP contribution in [-0.2, 0) is 6.42 Å². The fourth-order valence-corrected chi connectivity index (χ4v) is 3.11. The number of nitrogens with zero attached hydrogens (tertiary/aromatic N) is 5. The van der Waals surface area contributed by atoms with Crippen LogP contribution in [0, 0.1) is 6.92 Å². The quantitative estimate of drug-likeness (QED) is 0.638. The molecule has 1 saturated heterocycles. The lowest BCUT2D eigenvalue weighted by molar-refractivity contribution is 0.361. The molecule has 0 atom stereocenters. The number of aromatic nitrogens is 2. The Morgan fingerprint density at radius 1 is 1.27 bits per heavy atom. The van der Waals surface area contributed by atoms with Crippen LogP contribution in [0.3, 0.4) is 0 Å². The van der Waals surface area contributed by atoms with E-state index in [1.165, 1.54) is 0 Å². The smallest absolute Gasteiger partial charge is 0.228 e. The lowest BCUT2D eigenvalue weighted by Crippen LogP contribution is -2.52. The van der Waals surface area contributed by atoms with Gasteiger partial charge in [0.25, 0.3) is 0 Å². The molecule has 0 unspecified atom stereocenters. The van der Waals surface area contributed by atoms with E-state index >= 15 is 0 Å². The number of ether oxygens (including phenoxy) is 1. The monoisotopic (exact) mass is 358 g/mol. The van der Waals surface area contributed by atoms with Crippen LogP contribution in [0.25, 0.3) is 0 Å². The summed E-state index contributed by atoms with van der Waals surface area (Å²) in [7, 11) is 3.53. The van der Waals surface area contributed by atoms with Crippen molar-refractivity contribution in [2.45, 2.75) is 13.3 Å². The summed E-state index contributed by atoms with van der Waals surface area (Å²) in [6.45, 7) is 6.17. The van der Waals surface area contributed by atoms with Gasteiger partial charge in [0.05, 0.1) is 12.8 Å². The highest BCUT2D eigenvalue weighted by molar-refractivity contribution is 5.80. The maximum Gasteiger partial charge on any atom is 0.228 e. The molecule has 1 aromatic heterocycles. The van der Waals surface area contributed by atoms with E-state index in [1.54, 1.807) is 7.11 Å². The molecule has 1 aliphatic heterocycles. The van der Waals surface area contributed by atoms with Crippen molar-refractivity contribution >= 4 is 11.6 Å². The third kappa shape index (κ3) is 4.25. The second-order valence-electron chi connectivity index (χ2n) is 6.11. The van der Waals surface area contributed by atoms with E-state index in [2.05, 4.69) is 36.3 Å². The molecule has 2 aromatic rings. The summed E-state index contributed by atoms with van der Waals surface area (Å²) in [6, 6.07) is 8.15. The number of anilines is 1. The molecule has 2 heterocycles. The van der Waals surface area contributed by atoms with Gasteiger partial charge < -0.3 is 24.4 Å². The molecule has 3 rings (SSSR count). The highest BCUT2D eigenvalue weighted by Crippen LogP contribution is 2.28. The minimum atomic E-state index is 0.645. The number of hydrogen-bond donors (Lipinski definition) is 1. The van der Waals surface area contributed by atoms with E-state index in [9.17, 15) is 0 Å². The first kappa shape index (κ1) is 18.0. The van der Waals surface area contributed by atoms with E-state index in [0.717, 1.165) is 43.6 Å². The molecule has 8 nitrogen and oxygen atoms in total. The van der Waals surface area contributed by atoms with E-state index in [-0.39, 0.29) is 0 Å². The summed E-state index contributed by atoms with van der Waals surface area (Å²) in [5, 5.41) is 7.18. The third-order valence-corrected chi connectivity index (χ3v) is 4.41. The Labute approximate surface area is 153 Å². The molecule has 1 aromatic carbocycles. The molecule has 26 heavy (non-hydrogen) atoms. The predicted molar refractivity (Wildman–Crippen MR) is 101 cm³/mol. The molecule has 0 saturated carbocycles. The minimum absolute atomic E-state index is 0.645. The third-order valence-electron chi connectivity index (χ3n) is 4.41. The first-order chi connectivity index (χ1) is 12.7. The summed E-state index contributed by atoms with van der Waals surface area (Å²) >= 11 is 0. The van der Waals surface area contributed by atoms with Crippen molar-refractivity contribution in [1.29, 1.82) is 0 Å². The Kier molecular flexibility index (Phi) is 5.93. The molecule has 8 heteroatoms. The standard InChI is InChI=1S/C18H26N6O2/c1-14-21-17(26-22-14)8-9-20-18(19-2)24-12-10-23(11-13-24)15-6-4-5-7-16(15)25-3/h4-7H,8-13H2,1-3H3,(H,19,20). The van der Waals surface area contributed by atoms with Crippen molar-refractivity contribution in [3.8, 4) is 5.75 Å². The summed E-state index contributed by atoms with van der Waals surface area (Å²) < 4.78 is 10.6. The van der Waals surface area contributed by atoms with Crippen LogP contribution in [0.1, 0.15) is 11.7 Å². The molecule has 0 aliphatic carbocycles. The number of piperazine rings is 1. The Balaban J connectivity index is 1.51. The largest absolute Gasteiger partial charge is 0.495 e. The van der Waals surface area contributed by atoms with Gasteiger partial charge in [-0.1, -0.05) is 17.3 Å². The predicted octanol–water partition coefficient (Wildman–Crippen LogP) is 1.33. The van der Waals surface area contributed by atoms with Gasteiger partial charge >= 0.3 is 0 Å². The van der Waals surface area contributed by atoms with Crippen molar-refractivity contribution in [1.82, 2.24) is 20.4 Å². The fraction of sp³-hybridized carbons (Fsp3) is 0.500. The van der Waals surface area contributed by atoms with Crippen LogP contribution in [0.4, 0.5) is 5.69 Å². The summed E-state index contributed by atoms with van der Waals surface area (Å²) in [5.74, 6) is 3.13. The Bertz CT molecular complexity index is 737. The average Bonchev–Trinajstić information content (AvgIpc) is 3.10. The number of aliphatic imine (C=N–C) groups is 1. The maximum atomic E-state index is 5.48. The van der Waals surface area contributed by atoms with Gasteiger partial charge in [0.2, 0.25) is 5.89 Å². The van der Waals surface area contributed by atoms with Crippen LogP contribution in [0.5, 0.6) is 5.75 Å². The highest BCUT2D eigenvalue weighted by atomic mass is 16.5. The molecule has 140 valence electrons. The van der Waals surface area contributed by atoms with Crippen LogP contribution >= 0.6 is 0 Å². The second-order valence-corrected chi connectivity index (χ2v) is 6.11. The summed E-state index contributed by atoms with van der Waals surface area (Å²) in [4.78, 5) is 13.2. The van der Waals surface area contributed by atoms with Crippen molar-refractivity contribution in [3.63, 3.8) is 0 Å². The van der Waals surface area contributed by atoms with Gasteiger partial charge in [-0.05, 0) is 19.1 Å². The van der Waals surface area contributed by atoms with Gasteiger partial charge in [-0.3, -0.25) is 4.99 Å². The molecular formula is C18H26N6O2. The van der Waals surface area contributed by atoms with Crippen LogP contribution in [0.2, 0.25) is 0 Å². The van der Waals surface area contributed by atoms with Gasteiger partial charge in [-0.25, -0.2) is 0 Å². The highest BCUT2D eigenvalue weighted by Gasteiger charge is 2.21.